The van der Waals surface area contributed by atoms with Crippen LogP contribution in [0.5, 0.6) is 0 Å². The smallest absolute Gasteiger partial charge is 0.0736 e. The fourth-order valence-corrected chi connectivity index (χ4v) is 1.70. The molecule has 2 N–H and O–H groups in total. The molecule has 0 aromatic heterocycles. The van der Waals surface area contributed by atoms with Gasteiger partial charge in [0, 0.05) is 7.11 Å². The third-order valence-electron chi connectivity index (χ3n) is 2.70. The van der Waals surface area contributed by atoms with Crippen LogP contribution >= 0.6 is 0 Å². The molecule has 1 saturated carbocycles. The van der Waals surface area contributed by atoms with E-state index < -0.39 is 0 Å². The van der Waals surface area contributed by atoms with Crippen LogP contribution in [0, 0.1) is 5.41 Å². The SMILES string of the molecule is COC(C)(C)CC1(CON)CC1. The minimum Gasteiger partial charge on any atom is -0.379 e. The van der Waals surface area contributed by atoms with E-state index in [2.05, 4.69) is 13.8 Å². The van der Waals surface area contributed by atoms with Crippen molar-refractivity contribution in [2.24, 2.45) is 11.3 Å². The highest BCUT2D eigenvalue weighted by molar-refractivity contribution is 4.97. The van der Waals surface area contributed by atoms with Gasteiger partial charge >= 0.3 is 0 Å². The molecule has 0 amide bonds. The van der Waals surface area contributed by atoms with E-state index in [0.29, 0.717) is 12.0 Å². The second kappa shape index (κ2) is 3.32. The molecule has 72 valence electrons. The van der Waals surface area contributed by atoms with Gasteiger partial charge in [0.05, 0.1) is 12.2 Å². The fourth-order valence-electron chi connectivity index (χ4n) is 1.70. The Morgan fingerprint density at radius 2 is 2.00 bits per heavy atom. The van der Waals surface area contributed by atoms with E-state index in [-0.39, 0.29) is 5.60 Å². The van der Waals surface area contributed by atoms with E-state index in [1.807, 2.05) is 0 Å². The minimum absolute atomic E-state index is 0.0466. The average Bonchev–Trinajstić information content (AvgIpc) is 2.69. The molecule has 0 bridgehead atoms. The van der Waals surface area contributed by atoms with Gasteiger partial charge in [-0.2, -0.15) is 0 Å². The van der Waals surface area contributed by atoms with Crippen LogP contribution in [0.2, 0.25) is 0 Å². The van der Waals surface area contributed by atoms with Gasteiger partial charge in [-0.05, 0) is 38.5 Å². The predicted octanol–water partition coefficient (Wildman–Crippen LogP) is 1.47. The molecule has 0 aromatic rings. The molecule has 12 heavy (non-hydrogen) atoms. The highest BCUT2D eigenvalue weighted by Gasteiger charge is 2.46. The Labute approximate surface area is 74.2 Å². The lowest BCUT2D eigenvalue weighted by Crippen LogP contribution is -2.29. The van der Waals surface area contributed by atoms with Gasteiger partial charge in [-0.3, -0.25) is 0 Å². The van der Waals surface area contributed by atoms with Crippen molar-refractivity contribution >= 4 is 0 Å². The Morgan fingerprint density at radius 1 is 1.42 bits per heavy atom. The Kier molecular flexibility index (Phi) is 2.76. The molecule has 0 spiro atoms. The molecule has 0 saturated heterocycles. The summed E-state index contributed by atoms with van der Waals surface area (Å²) < 4.78 is 5.36. The lowest BCUT2D eigenvalue weighted by Gasteiger charge is -2.27. The summed E-state index contributed by atoms with van der Waals surface area (Å²) in [6.07, 6.45) is 3.47. The van der Waals surface area contributed by atoms with Crippen LogP contribution in [0.1, 0.15) is 33.1 Å². The summed E-state index contributed by atoms with van der Waals surface area (Å²) in [5.74, 6) is 5.07. The minimum atomic E-state index is -0.0466. The number of hydrogen-bond acceptors (Lipinski definition) is 3. The number of ether oxygens (including phenoxy) is 1. The molecule has 0 aromatic carbocycles. The van der Waals surface area contributed by atoms with Gasteiger partial charge in [-0.1, -0.05) is 0 Å². The second-order valence-electron chi connectivity index (χ2n) is 4.45. The molecule has 0 heterocycles. The number of hydrogen-bond donors (Lipinski definition) is 1. The van der Waals surface area contributed by atoms with E-state index in [1.54, 1.807) is 7.11 Å². The number of nitrogens with two attached hydrogens (primary N) is 1. The molecule has 0 unspecified atom stereocenters. The second-order valence-corrected chi connectivity index (χ2v) is 4.45. The summed E-state index contributed by atoms with van der Waals surface area (Å²) in [6.45, 7) is 4.87. The van der Waals surface area contributed by atoms with Crippen molar-refractivity contribution in [1.29, 1.82) is 0 Å². The highest BCUT2D eigenvalue weighted by atomic mass is 16.6. The van der Waals surface area contributed by atoms with Crippen LogP contribution in [0.25, 0.3) is 0 Å². The largest absolute Gasteiger partial charge is 0.379 e. The van der Waals surface area contributed by atoms with Gasteiger partial charge in [0.15, 0.2) is 0 Å². The lowest BCUT2D eigenvalue weighted by atomic mass is 9.91. The zero-order chi connectivity index (χ0) is 9.24. The van der Waals surface area contributed by atoms with E-state index in [0.717, 1.165) is 6.42 Å². The quantitative estimate of drug-likeness (QED) is 0.640. The van der Waals surface area contributed by atoms with Crippen molar-refractivity contribution in [2.75, 3.05) is 13.7 Å². The monoisotopic (exact) mass is 173 g/mol. The molecule has 1 rings (SSSR count). The fraction of sp³-hybridized carbons (Fsp3) is 1.00. The number of methoxy groups -OCH3 is 1. The van der Waals surface area contributed by atoms with Crippen LogP contribution < -0.4 is 5.90 Å². The van der Waals surface area contributed by atoms with Crippen molar-refractivity contribution in [2.45, 2.75) is 38.7 Å². The molecule has 0 aliphatic heterocycles. The van der Waals surface area contributed by atoms with Gasteiger partial charge in [0.1, 0.15) is 0 Å². The Morgan fingerprint density at radius 3 is 2.33 bits per heavy atom. The third-order valence-corrected chi connectivity index (χ3v) is 2.70. The Bertz CT molecular complexity index is 153. The third kappa shape index (κ3) is 2.44. The summed E-state index contributed by atoms with van der Waals surface area (Å²) in [7, 11) is 1.75. The van der Waals surface area contributed by atoms with Crippen LogP contribution in [0.3, 0.4) is 0 Å². The van der Waals surface area contributed by atoms with Crippen LogP contribution in [-0.2, 0) is 9.57 Å². The molecule has 1 aliphatic rings. The predicted molar refractivity (Wildman–Crippen MR) is 47.5 cm³/mol. The van der Waals surface area contributed by atoms with Crippen molar-refractivity contribution < 1.29 is 9.57 Å². The van der Waals surface area contributed by atoms with Crippen LogP contribution in [0.15, 0.2) is 0 Å². The topological polar surface area (TPSA) is 44.5 Å². The van der Waals surface area contributed by atoms with Gasteiger partial charge in [0.2, 0.25) is 0 Å². The maximum Gasteiger partial charge on any atom is 0.0736 e. The first-order valence-corrected chi connectivity index (χ1v) is 4.40. The van der Waals surface area contributed by atoms with Gasteiger partial charge < -0.3 is 9.57 Å². The van der Waals surface area contributed by atoms with E-state index in [9.17, 15) is 0 Å². The Balaban J connectivity index is 2.39. The summed E-state index contributed by atoms with van der Waals surface area (Å²) >= 11 is 0. The first kappa shape index (κ1) is 9.96. The van der Waals surface area contributed by atoms with E-state index in [1.165, 1.54) is 12.8 Å². The standard InChI is InChI=1S/C9H19NO2/c1-8(2,11-3)6-9(4-5-9)7-12-10/h4-7,10H2,1-3H3. The first-order chi connectivity index (χ1) is 5.54. The molecular formula is C9H19NO2. The van der Waals surface area contributed by atoms with Crippen molar-refractivity contribution in [3.63, 3.8) is 0 Å². The molecule has 0 atom stereocenters. The van der Waals surface area contributed by atoms with Crippen molar-refractivity contribution in [3.05, 3.63) is 0 Å². The van der Waals surface area contributed by atoms with Gasteiger partial charge in [-0.25, -0.2) is 5.90 Å². The zero-order valence-electron chi connectivity index (χ0n) is 8.22. The molecule has 3 heteroatoms. The molecule has 1 aliphatic carbocycles. The Hall–Kier alpha value is -0.120. The first-order valence-electron chi connectivity index (χ1n) is 4.40. The molecule has 3 nitrogen and oxygen atoms in total. The summed E-state index contributed by atoms with van der Waals surface area (Å²) in [5.41, 5.74) is 0.267. The zero-order valence-corrected chi connectivity index (χ0v) is 8.22. The molecule has 0 radical (unpaired) electrons. The van der Waals surface area contributed by atoms with Crippen LogP contribution in [-0.4, -0.2) is 19.3 Å². The van der Waals surface area contributed by atoms with Gasteiger partial charge in [-0.15, -0.1) is 0 Å². The molecule has 1 fully saturated rings. The summed E-state index contributed by atoms with van der Waals surface area (Å²) in [4.78, 5) is 4.70. The van der Waals surface area contributed by atoms with E-state index in [4.69, 9.17) is 15.5 Å². The van der Waals surface area contributed by atoms with Crippen molar-refractivity contribution in [3.8, 4) is 0 Å². The van der Waals surface area contributed by atoms with E-state index >= 15 is 0 Å². The maximum atomic E-state index is 5.36. The normalized spacial score (nSPS) is 21.0. The maximum absolute atomic E-state index is 5.36. The summed E-state index contributed by atoms with van der Waals surface area (Å²) in [6, 6.07) is 0. The van der Waals surface area contributed by atoms with Crippen molar-refractivity contribution in [1.82, 2.24) is 0 Å². The van der Waals surface area contributed by atoms with Crippen LogP contribution in [0.4, 0.5) is 0 Å². The number of rotatable bonds is 5. The molecular weight excluding hydrogens is 154 g/mol. The average molecular weight is 173 g/mol. The highest BCUT2D eigenvalue weighted by Crippen LogP contribution is 2.51. The summed E-state index contributed by atoms with van der Waals surface area (Å²) in [5, 5.41) is 0. The lowest BCUT2D eigenvalue weighted by molar-refractivity contribution is -0.0198. The van der Waals surface area contributed by atoms with Gasteiger partial charge in [0.25, 0.3) is 0 Å².